The minimum Gasteiger partial charge on any atom is -0.489 e. The highest BCUT2D eigenvalue weighted by molar-refractivity contribution is 5.83. The van der Waals surface area contributed by atoms with Gasteiger partial charge in [-0.15, -0.1) is 0 Å². The molecular weight excluding hydrogens is 584 g/mol. The summed E-state index contributed by atoms with van der Waals surface area (Å²) in [5.41, 5.74) is 2.79. The summed E-state index contributed by atoms with van der Waals surface area (Å²) in [5.74, 6) is 0.239. The number of alkyl halides is 3. The Morgan fingerprint density at radius 1 is 0.889 bits per heavy atom. The fraction of sp³-hybridized carbons (Fsp3) is 0.114. The number of rotatable bonds is 7. The van der Waals surface area contributed by atoms with Gasteiger partial charge in [-0.3, -0.25) is 4.79 Å². The van der Waals surface area contributed by atoms with Crippen LogP contribution in [0.3, 0.4) is 0 Å². The zero-order valence-electron chi connectivity index (χ0n) is 24.2. The number of hydrogen-bond acceptors (Lipinski definition) is 4. The summed E-state index contributed by atoms with van der Waals surface area (Å²) in [4.78, 5) is 18.1. The molecule has 45 heavy (non-hydrogen) atoms. The van der Waals surface area contributed by atoms with Gasteiger partial charge in [0.05, 0.1) is 22.7 Å². The molecule has 0 bridgehead atoms. The largest absolute Gasteiger partial charge is 0.489 e. The summed E-state index contributed by atoms with van der Waals surface area (Å²) < 4.78 is 63.3. The fourth-order valence-corrected chi connectivity index (χ4v) is 5.16. The second-order valence-electron chi connectivity index (χ2n) is 10.4. The van der Waals surface area contributed by atoms with E-state index in [2.05, 4.69) is 10.1 Å². The third-order valence-electron chi connectivity index (χ3n) is 7.43. The summed E-state index contributed by atoms with van der Waals surface area (Å²) in [5, 5.41) is 4.73. The number of para-hydroxylation sites is 1. The van der Waals surface area contributed by atoms with Crippen LogP contribution in [0.4, 0.5) is 17.6 Å². The molecule has 0 atom stereocenters. The van der Waals surface area contributed by atoms with Crippen molar-refractivity contribution in [2.75, 3.05) is 0 Å². The van der Waals surface area contributed by atoms with E-state index in [9.17, 15) is 22.4 Å². The molecule has 0 aliphatic heterocycles. The Balaban J connectivity index is 1.34. The first-order valence-electron chi connectivity index (χ1n) is 14.0. The molecule has 0 aliphatic rings. The highest BCUT2D eigenvalue weighted by Gasteiger charge is 2.31. The van der Waals surface area contributed by atoms with Gasteiger partial charge in [-0.1, -0.05) is 42.5 Å². The van der Waals surface area contributed by atoms with E-state index in [0.717, 1.165) is 33.9 Å². The summed E-state index contributed by atoms with van der Waals surface area (Å²) in [6.07, 6.45) is -3.07. The van der Waals surface area contributed by atoms with E-state index in [1.807, 2.05) is 36.6 Å². The predicted molar refractivity (Wildman–Crippen MR) is 165 cm³/mol. The van der Waals surface area contributed by atoms with Crippen LogP contribution in [-0.2, 0) is 12.8 Å². The number of fused-ring (bicyclic) bond motifs is 1. The maximum Gasteiger partial charge on any atom is 0.416 e. The summed E-state index contributed by atoms with van der Waals surface area (Å²) in [7, 11) is 0. The molecule has 10 heteroatoms. The molecule has 2 aromatic heterocycles. The van der Waals surface area contributed by atoms with Crippen molar-refractivity contribution in [2.45, 2.75) is 26.6 Å². The standard InChI is InChI=1S/C35H26F4N4O2/c1-22-18-26(23(2)42(22)28-14-16-29(17-15-28)45-21-25-8-3-5-12-31(25)36)20-40-43-33(24-9-7-10-27(19-24)35(37,38)39)41-32-13-6-4-11-30(32)34(43)44/h3-20H,21H2,1-2H3. The lowest BCUT2D eigenvalue weighted by Gasteiger charge is -2.12. The van der Waals surface area contributed by atoms with Crippen LogP contribution in [0.1, 0.15) is 28.1 Å². The van der Waals surface area contributed by atoms with Crippen LogP contribution in [-0.4, -0.2) is 20.4 Å². The lowest BCUT2D eigenvalue weighted by molar-refractivity contribution is -0.137. The average Bonchev–Trinajstić information content (AvgIpc) is 3.32. The second kappa shape index (κ2) is 11.9. The second-order valence-corrected chi connectivity index (χ2v) is 10.4. The molecule has 0 N–H and O–H groups in total. The summed E-state index contributed by atoms with van der Waals surface area (Å²) in [6.45, 7) is 3.91. The molecule has 0 amide bonds. The number of nitrogens with zero attached hydrogens (tertiary/aromatic N) is 4. The first-order valence-corrected chi connectivity index (χ1v) is 14.0. The van der Waals surface area contributed by atoms with Crippen LogP contribution in [0, 0.1) is 19.7 Å². The first kappa shape index (κ1) is 29.6. The van der Waals surface area contributed by atoms with Crippen LogP contribution >= 0.6 is 0 Å². The van der Waals surface area contributed by atoms with Gasteiger partial charge in [-0.25, -0.2) is 9.37 Å². The zero-order valence-corrected chi connectivity index (χ0v) is 24.2. The van der Waals surface area contributed by atoms with Gasteiger partial charge in [-0.05, 0) is 74.5 Å². The monoisotopic (exact) mass is 610 g/mol. The van der Waals surface area contributed by atoms with Crippen molar-refractivity contribution >= 4 is 17.1 Å². The molecular formula is C35H26F4N4O2. The molecule has 0 saturated heterocycles. The van der Waals surface area contributed by atoms with Gasteiger partial charge in [-0.2, -0.15) is 22.9 Å². The lowest BCUT2D eigenvalue weighted by atomic mass is 10.1. The minimum atomic E-state index is -4.57. The molecule has 6 aromatic rings. The van der Waals surface area contributed by atoms with Crippen molar-refractivity contribution < 1.29 is 22.3 Å². The molecule has 0 unspecified atom stereocenters. The topological polar surface area (TPSA) is 61.4 Å². The smallest absolute Gasteiger partial charge is 0.416 e. The van der Waals surface area contributed by atoms with Crippen molar-refractivity contribution in [3.8, 4) is 22.8 Å². The SMILES string of the molecule is Cc1cc(C=Nn2c(-c3cccc(C(F)(F)F)c3)nc3ccccc3c2=O)c(C)n1-c1ccc(OCc2ccccc2F)cc1. The van der Waals surface area contributed by atoms with Crippen LogP contribution in [0.5, 0.6) is 5.75 Å². The Kier molecular flexibility index (Phi) is 7.80. The van der Waals surface area contributed by atoms with Gasteiger partial charge in [0.2, 0.25) is 0 Å². The Bertz CT molecular complexity index is 2110. The Hall–Kier alpha value is -5.51. The van der Waals surface area contributed by atoms with Gasteiger partial charge in [0, 0.05) is 33.8 Å². The lowest BCUT2D eigenvalue weighted by Crippen LogP contribution is -2.20. The summed E-state index contributed by atoms with van der Waals surface area (Å²) in [6, 6.07) is 27.0. The van der Waals surface area contributed by atoms with E-state index in [0.29, 0.717) is 22.4 Å². The van der Waals surface area contributed by atoms with Crippen LogP contribution in [0.15, 0.2) is 113 Å². The van der Waals surface area contributed by atoms with Crippen molar-refractivity contribution in [2.24, 2.45) is 5.10 Å². The third-order valence-corrected chi connectivity index (χ3v) is 7.43. The normalized spacial score (nSPS) is 11.9. The zero-order chi connectivity index (χ0) is 31.7. The molecule has 0 saturated carbocycles. The van der Waals surface area contributed by atoms with Crippen molar-refractivity contribution in [1.29, 1.82) is 0 Å². The maximum atomic E-state index is 13.9. The first-order chi connectivity index (χ1) is 21.6. The molecule has 6 rings (SSSR count). The Morgan fingerprint density at radius 3 is 2.38 bits per heavy atom. The van der Waals surface area contributed by atoms with E-state index in [4.69, 9.17) is 4.74 Å². The van der Waals surface area contributed by atoms with Crippen molar-refractivity contribution in [3.63, 3.8) is 0 Å². The molecule has 0 aliphatic carbocycles. The summed E-state index contributed by atoms with van der Waals surface area (Å²) >= 11 is 0. The molecule has 0 spiro atoms. The van der Waals surface area contributed by atoms with Gasteiger partial charge in [0.25, 0.3) is 5.56 Å². The number of benzene rings is 4. The highest BCUT2D eigenvalue weighted by Crippen LogP contribution is 2.32. The Morgan fingerprint density at radius 2 is 1.62 bits per heavy atom. The van der Waals surface area contributed by atoms with E-state index < -0.39 is 17.3 Å². The van der Waals surface area contributed by atoms with Crippen molar-refractivity contribution in [3.05, 3.63) is 147 Å². The van der Waals surface area contributed by atoms with Gasteiger partial charge in [0.1, 0.15) is 18.2 Å². The quantitative estimate of drug-likeness (QED) is 0.136. The van der Waals surface area contributed by atoms with Gasteiger partial charge < -0.3 is 9.30 Å². The number of aryl methyl sites for hydroxylation is 1. The van der Waals surface area contributed by atoms with Gasteiger partial charge >= 0.3 is 6.18 Å². The molecule has 2 heterocycles. The highest BCUT2D eigenvalue weighted by atomic mass is 19.4. The number of ether oxygens (including phenoxy) is 1. The predicted octanol–water partition coefficient (Wildman–Crippen LogP) is 8.09. The van der Waals surface area contributed by atoms with E-state index in [1.54, 1.807) is 54.6 Å². The maximum absolute atomic E-state index is 13.9. The molecule has 6 nitrogen and oxygen atoms in total. The van der Waals surface area contributed by atoms with E-state index >= 15 is 0 Å². The molecule has 0 radical (unpaired) electrons. The number of aromatic nitrogens is 3. The van der Waals surface area contributed by atoms with Gasteiger partial charge in [0.15, 0.2) is 5.82 Å². The van der Waals surface area contributed by atoms with Crippen molar-refractivity contribution in [1.82, 2.24) is 14.2 Å². The average molecular weight is 611 g/mol. The number of hydrogen-bond donors (Lipinski definition) is 0. The van der Waals surface area contributed by atoms with Crippen LogP contribution < -0.4 is 10.3 Å². The van der Waals surface area contributed by atoms with E-state index in [-0.39, 0.29) is 29.2 Å². The molecule has 0 fully saturated rings. The molecule has 226 valence electrons. The Labute approximate surface area is 255 Å². The third kappa shape index (κ3) is 5.99. The van der Waals surface area contributed by atoms with Crippen LogP contribution in [0.25, 0.3) is 28.0 Å². The van der Waals surface area contributed by atoms with E-state index in [1.165, 1.54) is 24.4 Å². The fourth-order valence-electron chi connectivity index (χ4n) is 5.16. The molecule has 4 aromatic carbocycles. The number of halogens is 4. The minimum absolute atomic E-state index is 0.0131. The van der Waals surface area contributed by atoms with Crippen LogP contribution in [0.2, 0.25) is 0 Å².